The van der Waals surface area contributed by atoms with Crippen molar-refractivity contribution in [2.24, 2.45) is 0 Å². The average molecular weight is 359 g/mol. The number of carboxylic acid groups (broad SMARTS) is 1. The lowest BCUT2D eigenvalue weighted by atomic mass is 10.1. The van der Waals surface area contributed by atoms with Crippen molar-refractivity contribution in [1.29, 1.82) is 0 Å². The zero-order chi connectivity index (χ0) is 18.8. The number of carbonyl (C=O) groups excluding carboxylic acids is 1. The van der Waals surface area contributed by atoms with Crippen molar-refractivity contribution in [3.8, 4) is 0 Å². The number of carbonyl (C=O) groups is 2. The van der Waals surface area contributed by atoms with E-state index < -0.39 is 12.1 Å². The van der Waals surface area contributed by atoms with E-state index in [0.29, 0.717) is 25.8 Å². The molecule has 1 heterocycles. The van der Waals surface area contributed by atoms with Gasteiger partial charge in [-0.15, -0.1) is 0 Å². The van der Waals surface area contributed by atoms with Crippen LogP contribution in [0.5, 0.6) is 0 Å². The van der Waals surface area contributed by atoms with Crippen LogP contribution in [0.4, 0.5) is 0 Å². The summed E-state index contributed by atoms with van der Waals surface area (Å²) in [6, 6.07) is 9.92. The molecule has 142 valence electrons. The van der Waals surface area contributed by atoms with Gasteiger partial charge in [0.15, 0.2) is 0 Å². The molecule has 5 heteroatoms. The van der Waals surface area contributed by atoms with Crippen LogP contribution in [-0.4, -0.2) is 45.7 Å². The summed E-state index contributed by atoms with van der Waals surface area (Å²) in [7, 11) is 0. The first-order valence-corrected chi connectivity index (χ1v) is 9.48. The molecule has 2 N–H and O–H groups in total. The molecule has 0 aromatic heterocycles. The first-order chi connectivity index (χ1) is 12.6. The second kappa shape index (κ2) is 10.8. The molecule has 26 heavy (non-hydrogen) atoms. The van der Waals surface area contributed by atoms with E-state index in [1.807, 2.05) is 41.3 Å². The third-order valence-corrected chi connectivity index (χ3v) is 4.76. The van der Waals surface area contributed by atoms with Crippen molar-refractivity contribution in [3.63, 3.8) is 0 Å². The molecule has 1 aromatic rings. The number of amides is 1. The molecule has 0 radical (unpaired) electrons. The van der Waals surface area contributed by atoms with Gasteiger partial charge in [0, 0.05) is 25.8 Å². The van der Waals surface area contributed by atoms with E-state index in [4.69, 9.17) is 5.11 Å². The molecule has 1 aliphatic heterocycles. The number of hydrogen-bond donors (Lipinski definition) is 2. The largest absolute Gasteiger partial charge is 0.481 e. The molecule has 0 aliphatic carbocycles. The van der Waals surface area contributed by atoms with Crippen LogP contribution in [0.2, 0.25) is 0 Å². The van der Waals surface area contributed by atoms with Crippen LogP contribution in [0, 0.1) is 0 Å². The van der Waals surface area contributed by atoms with Crippen molar-refractivity contribution in [2.45, 2.75) is 63.5 Å². The maximum Gasteiger partial charge on any atom is 0.303 e. The van der Waals surface area contributed by atoms with E-state index in [2.05, 4.69) is 0 Å². The summed E-state index contributed by atoms with van der Waals surface area (Å²) in [6.07, 6.45) is 8.75. The predicted molar refractivity (Wildman–Crippen MR) is 101 cm³/mol. The number of likely N-dealkylation sites (tertiary alicyclic amines) is 1. The molecule has 1 fully saturated rings. The second-order valence-electron chi connectivity index (χ2n) is 6.89. The Hall–Kier alpha value is -2.14. The van der Waals surface area contributed by atoms with Gasteiger partial charge in [0.1, 0.15) is 0 Å². The molecular weight excluding hydrogens is 330 g/mol. The second-order valence-corrected chi connectivity index (χ2v) is 6.89. The van der Waals surface area contributed by atoms with Gasteiger partial charge in [-0.25, -0.2) is 0 Å². The van der Waals surface area contributed by atoms with Gasteiger partial charge >= 0.3 is 5.97 Å². The van der Waals surface area contributed by atoms with Crippen molar-refractivity contribution < 1.29 is 19.8 Å². The van der Waals surface area contributed by atoms with Gasteiger partial charge in [0.05, 0.1) is 12.1 Å². The highest BCUT2D eigenvalue weighted by Crippen LogP contribution is 2.21. The van der Waals surface area contributed by atoms with E-state index in [1.54, 1.807) is 6.08 Å². The van der Waals surface area contributed by atoms with E-state index in [-0.39, 0.29) is 18.4 Å². The van der Waals surface area contributed by atoms with Gasteiger partial charge in [-0.05, 0) is 24.8 Å². The van der Waals surface area contributed by atoms with Crippen LogP contribution in [-0.2, 0) is 16.0 Å². The number of carboxylic acids is 1. The normalized spacial score (nSPS) is 18.6. The molecule has 2 atom stereocenters. The van der Waals surface area contributed by atoms with Gasteiger partial charge in [0.2, 0.25) is 5.91 Å². The highest BCUT2D eigenvalue weighted by molar-refractivity contribution is 5.79. The monoisotopic (exact) mass is 359 g/mol. The molecule has 1 aromatic carbocycles. The molecule has 0 spiro atoms. The van der Waals surface area contributed by atoms with Crippen LogP contribution in [0.3, 0.4) is 0 Å². The standard InChI is InChI=1S/C21H29NO4/c23-19(16-17-8-4-3-5-9-17)13-11-18-12-14-20(24)22(18)15-7-2-1-6-10-21(25)26/h3-5,8-9,11,13,18-19,23H,1-2,6-7,10,12,14-16H2,(H,25,26)/t18-,19+/m0/s1. The molecule has 0 unspecified atom stereocenters. The van der Waals surface area contributed by atoms with E-state index in [9.17, 15) is 14.7 Å². The molecular formula is C21H29NO4. The van der Waals surface area contributed by atoms with Gasteiger partial charge < -0.3 is 15.1 Å². The third kappa shape index (κ3) is 7.00. The predicted octanol–water partition coefficient (Wildman–Crippen LogP) is 3.17. The fraction of sp³-hybridized carbons (Fsp3) is 0.524. The fourth-order valence-corrected chi connectivity index (χ4v) is 3.34. The number of nitrogens with zero attached hydrogens (tertiary/aromatic N) is 1. The molecule has 1 aliphatic rings. The maximum absolute atomic E-state index is 12.1. The van der Waals surface area contributed by atoms with Crippen LogP contribution >= 0.6 is 0 Å². The van der Waals surface area contributed by atoms with E-state index in [1.165, 1.54) is 0 Å². The highest BCUT2D eigenvalue weighted by atomic mass is 16.4. The van der Waals surface area contributed by atoms with Gasteiger partial charge in [0.25, 0.3) is 0 Å². The highest BCUT2D eigenvalue weighted by Gasteiger charge is 2.28. The SMILES string of the molecule is O=C(O)CCCCCCN1C(=O)CC[C@@H]1C=C[C@@H](O)Cc1ccccc1. The minimum absolute atomic E-state index is 0.0620. The minimum atomic E-state index is -0.751. The topological polar surface area (TPSA) is 77.8 Å². The van der Waals surface area contributed by atoms with Crippen LogP contribution in [0.15, 0.2) is 42.5 Å². The van der Waals surface area contributed by atoms with Crippen molar-refractivity contribution >= 4 is 11.9 Å². The minimum Gasteiger partial charge on any atom is -0.481 e. The number of benzene rings is 1. The molecule has 5 nitrogen and oxygen atoms in total. The number of aliphatic carboxylic acids is 1. The Morgan fingerprint density at radius 1 is 1.19 bits per heavy atom. The molecule has 0 bridgehead atoms. The zero-order valence-corrected chi connectivity index (χ0v) is 15.2. The molecule has 1 saturated heterocycles. The Labute approximate surface area is 155 Å². The van der Waals surface area contributed by atoms with Crippen LogP contribution in [0.25, 0.3) is 0 Å². The summed E-state index contributed by atoms with van der Waals surface area (Å²) in [6.45, 7) is 0.704. The maximum atomic E-state index is 12.1. The zero-order valence-electron chi connectivity index (χ0n) is 15.2. The van der Waals surface area contributed by atoms with Gasteiger partial charge in [-0.2, -0.15) is 0 Å². The average Bonchev–Trinajstić information content (AvgIpc) is 2.97. The van der Waals surface area contributed by atoms with E-state index >= 15 is 0 Å². The summed E-state index contributed by atoms with van der Waals surface area (Å²) in [5.41, 5.74) is 1.09. The summed E-state index contributed by atoms with van der Waals surface area (Å²) >= 11 is 0. The van der Waals surface area contributed by atoms with Crippen molar-refractivity contribution in [3.05, 3.63) is 48.0 Å². The van der Waals surface area contributed by atoms with E-state index in [0.717, 1.165) is 31.2 Å². The van der Waals surface area contributed by atoms with Gasteiger partial charge in [-0.3, -0.25) is 9.59 Å². The van der Waals surface area contributed by atoms with Crippen LogP contribution < -0.4 is 0 Å². The van der Waals surface area contributed by atoms with Crippen molar-refractivity contribution in [2.75, 3.05) is 6.54 Å². The smallest absolute Gasteiger partial charge is 0.303 e. The number of aliphatic hydroxyl groups excluding tert-OH is 1. The summed E-state index contributed by atoms with van der Waals surface area (Å²) in [4.78, 5) is 24.5. The Morgan fingerprint density at radius 2 is 1.92 bits per heavy atom. The number of rotatable bonds is 11. The summed E-state index contributed by atoms with van der Waals surface area (Å²) in [5, 5.41) is 18.8. The summed E-state index contributed by atoms with van der Waals surface area (Å²) < 4.78 is 0. The molecule has 1 amide bonds. The van der Waals surface area contributed by atoms with Gasteiger partial charge in [-0.1, -0.05) is 55.3 Å². The lowest BCUT2D eigenvalue weighted by molar-refractivity contribution is -0.137. The first-order valence-electron chi connectivity index (χ1n) is 9.48. The Balaban J connectivity index is 1.74. The third-order valence-electron chi connectivity index (χ3n) is 4.76. The summed E-state index contributed by atoms with van der Waals surface area (Å²) in [5.74, 6) is -0.582. The first kappa shape index (κ1) is 20.2. The lowest BCUT2D eigenvalue weighted by Crippen LogP contribution is -2.32. The number of hydrogen-bond acceptors (Lipinski definition) is 3. The van der Waals surface area contributed by atoms with Crippen molar-refractivity contribution in [1.82, 2.24) is 4.90 Å². The van der Waals surface area contributed by atoms with Crippen LogP contribution in [0.1, 0.15) is 50.5 Å². The Kier molecular flexibility index (Phi) is 8.35. The lowest BCUT2D eigenvalue weighted by Gasteiger charge is -2.22. The Bertz CT molecular complexity index is 599. The molecule has 2 rings (SSSR count). The Morgan fingerprint density at radius 3 is 2.65 bits per heavy atom. The number of aliphatic hydroxyl groups is 1. The quantitative estimate of drug-likeness (QED) is 0.470. The molecule has 0 saturated carbocycles. The number of unbranched alkanes of at least 4 members (excludes halogenated alkanes) is 3. The fourth-order valence-electron chi connectivity index (χ4n) is 3.34.